The standard InChI is InChI=1S/C7H16S2/c1-3-7(2)5-4-6-9-8/h7-8H,3-6H2,1-2H3. The Morgan fingerprint density at radius 3 is 2.67 bits per heavy atom. The predicted molar refractivity (Wildman–Crippen MR) is 50.1 cm³/mol. The second kappa shape index (κ2) is 6.81. The first kappa shape index (κ1) is 9.70. The highest BCUT2D eigenvalue weighted by atomic mass is 33.1. The predicted octanol–water partition coefficient (Wildman–Crippen LogP) is 3.39. The van der Waals surface area contributed by atoms with Crippen LogP contribution < -0.4 is 0 Å². The van der Waals surface area contributed by atoms with Crippen LogP contribution in [0.2, 0.25) is 0 Å². The lowest BCUT2D eigenvalue weighted by Crippen LogP contribution is -1.91. The summed E-state index contributed by atoms with van der Waals surface area (Å²) in [5.74, 6) is 2.11. The average Bonchev–Trinajstić information content (AvgIpc) is 1.89. The third kappa shape index (κ3) is 6.59. The molecule has 56 valence electrons. The molecule has 0 amide bonds. The Hall–Kier alpha value is 0.700. The van der Waals surface area contributed by atoms with E-state index in [1.54, 1.807) is 10.8 Å². The first-order valence-corrected chi connectivity index (χ1v) is 5.61. The molecule has 0 aromatic heterocycles. The summed E-state index contributed by atoms with van der Waals surface area (Å²) in [6.45, 7) is 4.56. The molecule has 0 aromatic carbocycles. The van der Waals surface area contributed by atoms with Crippen LogP contribution in [0.5, 0.6) is 0 Å². The van der Waals surface area contributed by atoms with Gasteiger partial charge in [-0.15, -0.1) is 11.7 Å². The van der Waals surface area contributed by atoms with Gasteiger partial charge in [-0.2, -0.15) is 0 Å². The highest BCUT2D eigenvalue weighted by Crippen LogP contribution is 2.13. The first-order chi connectivity index (χ1) is 4.31. The number of hydrogen-bond donors (Lipinski definition) is 1. The van der Waals surface area contributed by atoms with Crippen LogP contribution in [0.15, 0.2) is 0 Å². The van der Waals surface area contributed by atoms with E-state index in [1.807, 2.05) is 0 Å². The maximum atomic E-state index is 4.07. The Labute approximate surface area is 67.6 Å². The highest BCUT2D eigenvalue weighted by molar-refractivity contribution is 8.68. The summed E-state index contributed by atoms with van der Waals surface area (Å²) in [4.78, 5) is 0. The van der Waals surface area contributed by atoms with Gasteiger partial charge in [0.2, 0.25) is 0 Å². The van der Waals surface area contributed by atoms with E-state index in [0.29, 0.717) is 0 Å². The molecule has 2 heteroatoms. The molecule has 0 aliphatic carbocycles. The lowest BCUT2D eigenvalue weighted by Gasteiger charge is -2.05. The maximum absolute atomic E-state index is 4.07. The van der Waals surface area contributed by atoms with Crippen molar-refractivity contribution in [2.45, 2.75) is 33.1 Å². The Balaban J connectivity index is 2.88. The zero-order valence-electron chi connectivity index (χ0n) is 6.26. The smallest absolute Gasteiger partial charge is 0.00346 e. The third-order valence-electron chi connectivity index (χ3n) is 1.63. The van der Waals surface area contributed by atoms with Crippen LogP contribution in [-0.4, -0.2) is 5.75 Å². The van der Waals surface area contributed by atoms with Gasteiger partial charge >= 0.3 is 0 Å². The SMILES string of the molecule is CCC(C)CCCSS. The second-order valence-electron chi connectivity index (χ2n) is 2.49. The Morgan fingerprint density at radius 1 is 1.56 bits per heavy atom. The zero-order chi connectivity index (χ0) is 7.11. The van der Waals surface area contributed by atoms with E-state index in [-0.39, 0.29) is 0 Å². The average molecular weight is 164 g/mol. The fraction of sp³-hybridized carbons (Fsp3) is 1.00. The summed E-state index contributed by atoms with van der Waals surface area (Å²) >= 11 is 4.07. The summed E-state index contributed by atoms with van der Waals surface area (Å²) in [7, 11) is 1.65. The van der Waals surface area contributed by atoms with E-state index in [0.717, 1.165) is 5.92 Å². The van der Waals surface area contributed by atoms with Gasteiger partial charge in [-0.25, -0.2) is 0 Å². The molecule has 0 bridgehead atoms. The molecule has 0 aromatic rings. The van der Waals surface area contributed by atoms with Crippen LogP contribution in [0, 0.1) is 5.92 Å². The lowest BCUT2D eigenvalue weighted by molar-refractivity contribution is 0.511. The molecular formula is C7H16S2. The normalized spacial score (nSPS) is 13.7. The van der Waals surface area contributed by atoms with Gasteiger partial charge in [0.25, 0.3) is 0 Å². The topological polar surface area (TPSA) is 0 Å². The van der Waals surface area contributed by atoms with E-state index in [2.05, 4.69) is 25.5 Å². The minimum Gasteiger partial charge on any atom is -0.111 e. The van der Waals surface area contributed by atoms with Gasteiger partial charge in [0.15, 0.2) is 0 Å². The third-order valence-corrected chi connectivity index (χ3v) is 2.65. The first-order valence-electron chi connectivity index (χ1n) is 3.57. The molecule has 9 heavy (non-hydrogen) atoms. The van der Waals surface area contributed by atoms with Crippen molar-refractivity contribution in [2.24, 2.45) is 5.92 Å². The fourth-order valence-corrected chi connectivity index (χ4v) is 1.38. The van der Waals surface area contributed by atoms with Gasteiger partial charge in [-0.3, -0.25) is 0 Å². The number of hydrogen-bond acceptors (Lipinski definition) is 2. The molecule has 0 fully saturated rings. The van der Waals surface area contributed by atoms with Crippen LogP contribution in [0.1, 0.15) is 33.1 Å². The van der Waals surface area contributed by atoms with Crippen molar-refractivity contribution in [2.75, 3.05) is 5.75 Å². The molecule has 0 heterocycles. The maximum Gasteiger partial charge on any atom is 0.00346 e. The summed E-state index contributed by atoms with van der Waals surface area (Å²) < 4.78 is 0. The van der Waals surface area contributed by atoms with Crippen LogP contribution in [0.4, 0.5) is 0 Å². The van der Waals surface area contributed by atoms with Crippen molar-refractivity contribution in [3.05, 3.63) is 0 Å². The van der Waals surface area contributed by atoms with E-state index in [1.165, 1.54) is 25.0 Å². The molecule has 1 unspecified atom stereocenters. The Kier molecular flexibility index (Phi) is 7.34. The Bertz CT molecular complexity index is 54.9. The van der Waals surface area contributed by atoms with Crippen molar-refractivity contribution in [1.29, 1.82) is 0 Å². The van der Waals surface area contributed by atoms with Crippen molar-refractivity contribution < 1.29 is 0 Å². The van der Waals surface area contributed by atoms with Gasteiger partial charge in [-0.05, 0) is 18.8 Å². The van der Waals surface area contributed by atoms with Gasteiger partial charge in [0.05, 0.1) is 0 Å². The minimum absolute atomic E-state index is 0.908. The molecule has 0 saturated heterocycles. The molecule has 0 radical (unpaired) electrons. The zero-order valence-corrected chi connectivity index (χ0v) is 7.97. The second-order valence-corrected chi connectivity index (χ2v) is 3.93. The van der Waals surface area contributed by atoms with Crippen molar-refractivity contribution in [3.63, 3.8) is 0 Å². The molecule has 0 nitrogen and oxygen atoms in total. The van der Waals surface area contributed by atoms with E-state index < -0.39 is 0 Å². The van der Waals surface area contributed by atoms with E-state index >= 15 is 0 Å². The van der Waals surface area contributed by atoms with Crippen molar-refractivity contribution in [1.82, 2.24) is 0 Å². The molecule has 0 aliphatic rings. The van der Waals surface area contributed by atoms with Gasteiger partial charge in [0.1, 0.15) is 0 Å². The molecule has 0 spiro atoms. The van der Waals surface area contributed by atoms with Gasteiger partial charge in [-0.1, -0.05) is 31.1 Å². The van der Waals surface area contributed by atoms with Crippen molar-refractivity contribution >= 4 is 22.5 Å². The molecule has 0 aliphatic heterocycles. The molecule has 0 saturated carbocycles. The summed E-state index contributed by atoms with van der Waals surface area (Å²) in [6, 6.07) is 0. The largest absolute Gasteiger partial charge is 0.111 e. The van der Waals surface area contributed by atoms with Crippen LogP contribution in [0.3, 0.4) is 0 Å². The summed E-state index contributed by atoms with van der Waals surface area (Å²) in [5.41, 5.74) is 0. The highest BCUT2D eigenvalue weighted by Gasteiger charge is 1.96. The van der Waals surface area contributed by atoms with Crippen LogP contribution in [0.25, 0.3) is 0 Å². The Morgan fingerprint density at radius 2 is 2.22 bits per heavy atom. The summed E-state index contributed by atoms with van der Waals surface area (Å²) in [5, 5.41) is 0. The van der Waals surface area contributed by atoms with Crippen LogP contribution >= 0.6 is 22.5 Å². The number of rotatable bonds is 5. The molecule has 0 N–H and O–H groups in total. The van der Waals surface area contributed by atoms with Crippen LogP contribution in [-0.2, 0) is 0 Å². The summed E-state index contributed by atoms with van der Waals surface area (Å²) in [6.07, 6.45) is 4.00. The molecular weight excluding hydrogens is 148 g/mol. The fourth-order valence-electron chi connectivity index (χ4n) is 0.700. The van der Waals surface area contributed by atoms with E-state index in [4.69, 9.17) is 0 Å². The van der Waals surface area contributed by atoms with Crippen molar-refractivity contribution in [3.8, 4) is 0 Å². The van der Waals surface area contributed by atoms with Gasteiger partial charge < -0.3 is 0 Å². The lowest BCUT2D eigenvalue weighted by atomic mass is 10.0. The van der Waals surface area contributed by atoms with E-state index in [9.17, 15) is 0 Å². The van der Waals surface area contributed by atoms with Gasteiger partial charge in [0, 0.05) is 5.75 Å². The molecule has 0 rings (SSSR count). The minimum atomic E-state index is 0.908. The number of thiol groups is 1. The monoisotopic (exact) mass is 164 g/mol. The quantitative estimate of drug-likeness (QED) is 0.369. The molecule has 1 atom stereocenters.